The summed E-state index contributed by atoms with van der Waals surface area (Å²) < 4.78 is 13.0. The van der Waals surface area contributed by atoms with Crippen LogP contribution in [0.4, 0.5) is 4.39 Å². The van der Waals surface area contributed by atoms with E-state index in [-0.39, 0.29) is 11.7 Å². The van der Waals surface area contributed by atoms with Crippen LogP contribution in [0.2, 0.25) is 0 Å². The number of benzene rings is 1. The third-order valence-corrected chi connectivity index (χ3v) is 2.52. The summed E-state index contributed by atoms with van der Waals surface area (Å²) in [6, 6.07) is 6.58. The molecule has 0 unspecified atom stereocenters. The smallest absolute Gasteiger partial charge is 0.240 e. The third kappa shape index (κ3) is 3.28. The predicted octanol–water partition coefficient (Wildman–Crippen LogP) is 2.30. The van der Waals surface area contributed by atoms with Gasteiger partial charge in [-0.3, -0.25) is 4.79 Å². The summed E-state index contributed by atoms with van der Waals surface area (Å²) in [5.41, 5.74) is 0.303. The number of nitrogens with zero attached hydrogens (tertiary/aromatic N) is 1. The summed E-state index contributed by atoms with van der Waals surface area (Å²) in [5.74, 6) is -0.598. The van der Waals surface area contributed by atoms with E-state index in [0.29, 0.717) is 12.1 Å². The number of nitrogens with one attached hydrogen (secondary N) is 1. The van der Waals surface area contributed by atoms with Crippen LogP contribution in [-0.2, 0) is 11.3 Å². The monoisotopic (exact) mass is 234 g/mol. The zero-order valence-electron chi connectivity index (χ0n) is 10.2. The van der Waals surface area contributed by atoms with Gasteiger partial charge in [-0.1, -0.05) is 12.1 Å². The van der Waals surface area contributed by atoms with Gasteiger partial charge >= 0.3 is 0 Å². The van der Waals surface area contributed by atoms with Crippen molar-refractivity contribution in [2.45, 2.75) is 27.3 Å². The summed E-state index contributed by atoms with van der Waals surface area (Å²) in [6.07, 6.45) is 0. The first-order valence-electron chi connectivity index (χ1n) is 5.31. The van der Waals surface area contributed by atoms with E-state index in [9.17, 15) is 9.18 Å². The molecule has 0 radical (unpaired) electrons. The average molecular weight is 234 g/mol. The second-order valence-electron chi connectivity index (χ2n) is 4.50. The Hall–Kier alpha value is -1.89. The molecule has 0 fully saturated rings. The minimum Gasteiger partial charge on any atom is -0.351 e. The van der Waals surface area contributed by atoms with E-state index >= 15 is 0 Å². The number of hydrogen-bond donors (Lipinski definition) is 1. The molecule has 0 spiro atoms. The Kier molecular flexibility index (Phi) is 3.84. The maximum absolute atomic E-state index is 13.0. The Labute approximate surface area is 100 Å². The standard InChI is InChI=1S/C13H15FN2O/c1-9-6-10(4-5-11(9)14)7-16-12(17)13(2,3)8-15/h4-6H,7H2,1-3H3,(H,16,17). The molecule has 1 aromatic rings. The maximum atomic E-state index is 13.0. The summed E-state index contributed by atoms with van der Waals surface area (Å²) >= 11 is 0. The van der Waals surface area contributed by atoms with E-state index in [1.54, 1.807) is 32.9 Å². The van der Waals surface area contributed by atoms with Crippen LogP contribution >= 0.6 is 0 Å². The summed E-state index contributed by atoms with van der Waals surface area (Å²) in [7, 11) is 0. The largest absolute Gasteiger partial charge is 0.351 e. The molecular weight excluding hydrogens is 219 g/mol. The normalized spacial score (nSPS) is 10.8. The molecule has 17 heavy (non-hydrogen) atoms. The van der Waals surface area contributed by atoms with Crippen LogP contribution in [0.5, 0.6) is 0 Å². The molecule has 0 heterocycles. The van der Waals surface area contributed by atoms with Crippen LogP contribution in [0.25, 0.3) is 0 Å². The molecule has 1 amide bonds. The van der Waals surface area contributed by atoms with Gasteiger partial charge in [0, 0.05) is 6.54 Å². The lowest BCUT2D eigenvalue weighted by Crippen LogP contribution is -2.35. The Bertz CT molecular complexity index is 475. The highest BCUT2D eigenvalue weighted by Gasteiger charge is 2.26. The van der Waals surface area contributed by atoms with Gasteiger partial charge in [-0.15, -0.1) is 0 Å². The lowest BCUT2D eigenvalue weighted by Gasteiger charge is -2.15. The van der Waals surface area contributed by atoms with Gasteiger partial charge in [0.15, 0.2) is 0 Å². The zero-order chi connectivity index (χ0) is 13.1. The van der Waals surface area contributed by atoms with Crippen LogP contribution < -0.4 is 5.32 Å². The number of carbonyl (C=O) groups excluding carboxylic acids is 1. The molecule has 0 atom stereocenters. The highest BCUT2D eigenvalue weighted by Crippen LogP contribution is 2.14. The minimum atomic E-state index is -1.05. The molecule has 0 saturated heterocycles. The molecule has 1 rings (SSSR count). The van der Waals surface area contributed by atoms with Crippen molar-refractivity contribution in [2.24, 2.45) is 5.41 Å². The fourth-order valence-corrected chi connectivity index (χ4v) is 1.27. The van der Waals surface area contributed by atoms with Crippen LogP contribution in [0.3, 0.4) is 0 Å². The fourth-order valence-electron chi connectivity index (χ4n) is 1.27. The molecule has 0 bridgehead atoms. The average Bonchev–Trinajstić information content (AvgIpc) is 2.30. The predicted molar refractivity (Wildman–Crippen MR) is 62.4 cm³/mol. The lowest BCUT2D eigenvalue weighted by molar-refractivity contribution is -0.126. The third-order valence-electron chi connectivity index (χ3n) is 2.52. The van der Waals surface area contributed by atoms with E-state index in [0.717, 1.165) is 5.56 Å². The lowest BCUT2D eigenvalue weighted by atomic mass is 9.94. The van der Waals surface area contributed by atoms with Crippen molar-refractivity contribution in [1.29, 1.82) is 5.26 Å². The Morgan fingerprint density at radius 1 is 1.53 bits per heavy atom. The molecule has 0 saturated carbocycles. The second-order valence-corrected chi connectivity index (χ2v) is 4.50. The van der Waals surface area contributed by atoms with Crippen molar-refractivity contribution in [3.8, 4) is 6.07 Å². The quantitative estimate of drug-likeness (QED) is 0.872. The summed E-state index contributed by atoms with van der Waals surface area (Å²) in [4.78, 5) is 11.6. The number of nitriles is 1. The van der Waals surface area contributed by atoms with Gasteiger partial charge in [-0.2, -0.15) is 5.26 Å². The molecule has 0 aromatic heterocycles. The molecule has 0 aliphatic heterocycles. The van der Waals surface area contributed by atoms with Gasteiger partial charge in [-0.05, 0) is 38.0 Å². The number of halogens is 1. The summed E-state index contributed by atoms with van der Waals surface area (Å²) in [5, 5.41) is 11.4. The maximum Gasteiger partial charge on any atom is 0.240 e. The van der Waals surface area contributed by atoms with Crippen molar-refractivity contribution < 1.29 is 9.18 Å². The summed E-state index contributed by atoms with van der Waals surface area (Å²) in [6.45, 7) is 5.07. The molecule has 90 valence electrons. The first kappa shape index (κ1) is 13.2. The van der Waals surface area contributed by atoms with Gasteiger partial charge in [0.05, 0.1) is 6.07 Å². The van der Waals surface area contributed by atoms with Crippen molar-refractivity contribution in [3.05, 3.63) is 35.1 Å². The van der Waals surface area contributed by atoms with Crippen LogP contribution in [0, 0.1) is 29.5 Å². The van der Waals surface area contributed by atoms with Gasteiger partial charge in [0.1, 0.15) is 11.2 Å². The Morgan fingerprint density at radius 2 is 2.18 bits per heavy atom. The Morgan fingerprint density at radius 3 is 2.71 bits per heavy atom. The minimum absolute atomic E-state index is 0.266. The van der Waals surface area contributed by atoms with Crippen molar-refractivity contribution in [2.75, 3.05) is 0 Å². The van der Waals surface area contributed by atoms with Crippen molar-refractivity contribution in [3.63, 3.8) is 0 Å². The highest BCUT2D eigenvalue weighted by molar-refractivity contribution is 5.84. The molecule has 1 N–H and O–H groups in total. The van der Waals surface area contributed by atoms with Gasteiger partial charge < -0.3 is 5.32 Å². The zero-order valence-corrected chi connectivity index (χ0v) is 10.2. The Balaban J connectivity index is 2.66. The number of hydrogen-bond acceptors (Lipinski definition) is 2. The molecule has 0 aliphatic carbocycles. The van der Waals surface area contributed by atoms with Gasteiger partial charge in [-0.25, -0.2) is 4.39 Å². The molecule has 3 nitrogen and oxygen atoms in total. The first-order valence-corrected chi connectivity index (χ1v) is 5.31. The first-order chi connectivity index (χ1) is 7.86. The number of rotatable bonds is 3. The highest BCUT2D eigenvalue weighted by atomic mass is 19.1. The topological polar surface area (TPSA) is 52.9 Å². The van der Waals surface area contributed by atoms with Crippen LogP contribution in [0.1, 0.15) is 25.0 Å². The number of amides is 1. The van der Waals surface area contributed by atoms with Crippen LogP contribution in [-0.4, -0.2) is 5.91 Å². The van der Waals surface area contributed by atoms with E-state index in [2.05, 4.69) is 5.32 Å². The molecule has 4 heteroatoms. The molecule has 1 aromatic carbocycles. The van der Waals surface area contributed by atoms with Gasteiger partial charge in [0.25, 0.3) is 0 Å². The van der Waals surface area contributed by atoms with Crippen molar-refractivity contribution in [1.82, 2.24) is 5.32 Å². The fraction of sp³-hybridized carbons (Fsp3) is 0.385. The molecule has 0 aliphatic rings. The van der Waals surface area contributed by atoms with Crippen LogP contribution in [0.15, 0.2) is 18.2 Å². The number of aryl methyl sites for hydroxylation is 1. The van der Waals surface area contributed by atoms with E-state index < -0.39 is 5.41 Å². The second kappa shape index (κ2) is 4.96. The van der Waals surface area contributed by atoms with E-state index in [4.69, 9.17) is 5.26 Å². The van der Waals surface area contributed by atoms with Gasteiger partial charge in [0.2, 0.25) is 5.91 Å². The number of carbonyl (C=O) groups is 1. The SMILES string of the molecule is Cc1cc(CNC(=O)C(C)(C)C#N)ccc1F. The van der Waals surface area contributed by atoms with E-state index in [1.807, 2.05) is 6.07 Å². The molecular formula is C13H15FN2O. The van der Waals surface area contributed by atoms with E-state index in [1.165, 1.54) is 6.07 Å². The van der Waals surface area contributed by atoms with Crippen molar-refractivity contribution >= 4 is 5.91 Å².